The molecule has 1 atom stereocenters. The van der Waals surface area contributed by atoms with Crippen molar-refractivity contribution in [1.29, 1.82) is 0 Å². The molecule has 0 bridgehead atoms. The summed E-state index contributed by atoms with van der Waals surface area (Å²) in [6.07, 6.45) is 9.33. The molecule has 128 valence electrons. The zero-order chi connectivity index (χ0) is 16.7. The van der Waals surface area contributed by atoms with E-state index in [0.29, 0.717) is 17.1 Å². The number of fused-ring (bicyclic) bond motifs is 1. The van der Waals surface area contributed by atoms with Crippen LogP contribution < -0.4 is 10.9 Å². The number of nitrogens with one attached hydrogen (secondary N) is 2. The van der Waals surface area contributed by atoms with E-state index in [1.807, 2.05) is 17.9 Å². The molecule has 3 heterocycles. The third kappa shape index (κ3) is 2.68. The first kappa shape index (κ1) is 15.6. The van der Waals surface area contributed by atoms with E-state index < -0.39 is 0 Å². The van der Waals surface area contributed by atoms with Crippen molar-refractivity contribution >= 4 is 23.5 Å². The van der Waals surface area contributed by atoms with Gasteiger partial charge in [-0.25, -0.2) is 0 Å². The first-order chi connectivity index (χ1) is 11.6. The van der Waals surface area contributed by atoms with Crippen LogP contribution in [0.25, 0.3) is 0 Å². The Morgan fingerprint density at radius 1 is 1.25 bits per heavy atom. The minimum absolute atomic E-state index is 0.0591. The highest BCUT2D eigenvalue weighted by Crippen LogP contribution is 2.41. The number of aromatic nitrogens is 4. The minimum Gasteiger partial charge on any atom is -0.310 e. The highest BCUT2D eigenvalue weighted by Gasteiger charge is 2.33. The predicted octanol–water partition coefficient (Wildman–Crippen LogP) is 2.19. The number of nitrogens with zero attached hydrogens (tertiary/aromatic N) is 3. The van der Waals surface area contributed by atoms with Gasteiger partial charge in [-0.1, -0.05) is 19.3 Å². The summed E-state index contributed by atoms with van der Waals surface area (Å²) in [6, 6.07) is 0.258. The van der Waals surface area contributed by atoms with Crippen molar-refractivity contribution in [1.82, 2.24) is 19.6 Å². The maximum absolute atomic E-state index is 12.7. The Hall–Kier alpha value is -1.96. The SMILES string of the molecule is Cn1cc(C2SCC(=O)Nc3c2c(=O)[nH]n3C2CCCCC2)cn1. The van der Waals surface area contributed by atoms with Gasteiger partial charge in [-0.15, -0.1) is 11.8 Å². The van der Waals surface area contributed by atoms with Crippen molar-refractivity contribution in [2.45, 2.75) is 43.4 Å². The molecule has 1 fully saturated rings. The molecule has 1 amide bonds. The van der Waals surface area contributed by atoms with Crippen molar-refractivity contribution in [3.05, 3.63) is 33.9 Å². The average molecular weight is 347 g/mol. The molecule has 1 aliphatic heterocycles. The van der Waals surface area contributed by atoms with E-state index >= 15 is 0 Å². The van der Waals surface area contributed by atoms with Gasteiger partial charge in [0, 0.05) is 18.8 Å². The average Bonchev–Trinajstić information content (AvgIpc) is 3.08. The maximum atomic E-state index is 12.7. The second-order valence-corrected chi connectivity index (χ2v) is 7.65. The van der Waals surface area contributed by atoms with Gasteiger partial charge in [0.2, 0.25) is 5.91 Å². The van der Waals surface area contributed by atoms with Crippen LogP contribution in [0.1, 0.15) is 54.5 Å². The number of aromatic amines is 1. The van der Waals surface area contributed by atoms with E-state index in [4.69, 9.17) is 0 Å². The zero-order valence-electron chi connectivity index (χ0n) is 13.6. The second-order valence-electron chi connectivity index (χ2n) is 6.55. The first-order valence-corrected chi connectivity index (χ1v) is 9.43. The van der Waals surface area contributed by atoms with Crippen molar-refractivity contribution in [3.63, 3.8) is 0 Å². The Bertz CT molecular complexity index is 815. The Kier molecular flexibility index (Phi) is 3.99. The number of hydrogen-bond acceptors (Lipinski definition) is 4. The molecule has 0 radical (unpaired) electrons. The molecule has 0 saturated heterocycles. The Morgan fingerprint density at radius 3 is 2.75 bits per heavy atom. The fourth-order valence-electron chi connectivity index (χ4n) is 3.70. The number of H-pyrrole nitrogens is 1. The van der Waals surface area contributed by atoms with Gasteiger partial charge in [0.05, 0.1) is 28.8 Å². The third-order valence-electron chi connectivity index (χ3n) is 4.83. The number of carbonyl (C=O) groups is 1. The van der Waals surface area contributed by atoms with E-state index in [-0.39, 0.29) is 22.8 Å². The molecule has 4 rings (SSSR count). The molecular weight excluding hydrogens is 326 g/mol. The summed E-state index contributed by atoms with van der Waals surface area (Å²) < 4.78 is 3.63. The highest BCUT2D eigenvalue weighted by atomic mass is 32.2. The summed E-state index contributed by atoms with van der Waals surface area (Å²) in [5, 5.41) is 9.99. The van der Waals surface area contributed by atoms with Crippen molar-refractivity contribution in [2.75, 3.05) is 11.1 Å². The monoisotopic (exact) mass is 347 g/mol. The van der Waals surface area contributed by atoms with Crippen LogP contribution in [0.4, 0.5) is 5.82 Å². The van der Waals surface area contributed by atoms with E-state index in [0.717, 1.165) is 31.2 Å². The van der Waals surface area contributed by atoms with Crippen LogP contribution in [0, 0.1) is 0 Å². The van der Waals surface area contributed by atoms with Crippen LogP contribution in [0.15, 0.2) is 17.2 Å². The fourth-order valence-corrected chi connectivity index (χ4v) is 4.79. The molecule has 1 aliphatic carbocycles. The lowest BCUT2D eigenvalue weighted by Gasteiger charge is -2.24. The molecule has 2 aliphatic rings. The predicted molar refractivity (Wildman–Crippen MR) is 93.3 cm³/mol. The molecule has 7 nitrogen and oxygen atoms in total. The van der Waals surface area contributed by atoms with Gasteiger partial charge < -0.3 is 5.32 Å². The lowest BCUT2D eigenvalue weighted by Crippen LogP contribution is -2.21. The highest BCUT2D eigenvalue weighted by molar-refractivity contribution is 8.00. The Labute approximate surface area is 143 Å². The molecule has 8 heteroatoms. The Morgan fingerprint density at radius 2 is 2.04 bits per heavy atom. The van der Waals surface area contributed by atoms with Gasteiger partial charge in [0.25, 0.3) is 5.56 Å². The fraction of sp³-hybridized carbons (Fsp3) is 0.562. The zero-order valence-corrected chi connectivity index (χ0v) is 14.4. The van der Waals surface area contributed by atoms with E-state index in [9.17, 15) is 9.59 Å². The van der Waals surface area contributed by atoms with E-state index in [2.05, 4.69) is 15.5 Å². The second kappa shape index (κ2) is 6.16. The topological polar surface area (TPSA) is 84.7 Å². The lowest BCUT2D eigenvalue weighted by molar-refractivity contribution is -0.113. The van der Waals surface area contributed by atoms with E-state index in [1.54, 1.807) is 10.9 Å². The molecule has 1 unspecified atom stereocenters. The Balaban J connectivity index is 1.81. The number of thioether (sulfide) groups is 1. The van der Waals surface area contributed by atoms with Crippen LogP contribution in [-0.2, 0) is 11.8 Å². The van der Waals surface area contributed by atoms with Gasteiger partial charge in [0.1, 0.15) is 5.82 Å². The number of anilines is 1. The van der Waals surface area contributed by atoms with Crippen LogP contribution in [0.5, 0.6) is 0 Å². The number of carbonyl (C=O) groups excluding carboxylic acids is 1. The summed E-state index contributed by atoms with van der Waals surface area (Å²) in [5.41, 5.74) is 1.48. The largest absolute Gasteiger partial charge is 0.310 e. The minimum atomic E-state index is -0.179. The van der Waals surface area contributed by atoms with Gasteiger partial charge in [0.15, 0.2) is 0 Å². The van der Waals surface area contributed by atoms with Crippen LogP contribution in [0.2, 0.25) is 0 Å². The summed E-state index contributed by atoms with van der Waals surface area (Å²) in [7, 11) is 1.85. The first-order valence-electron chi connectivity index (χ1n) is 8.38. The standard InChI is InChI=1S/C16H21N5O2S/c1-20-8-10(7-17-20)14-13-15(18-12(22)9-24-14)21(19-16(13)23)11-5-3-2-4-6-11/h7-8,11,14H,2-6,9H2,1H3,(H,18,22)(H,19,23). The third-order valence-corrected chi connectivity index (χ3v) is 6.10. The number of amides is 1. The number of aryl methyl sites for hydroxylation is 1. The summed E-state index contributed by atoms with van der Waals surface area (Å²) in [6.45, 7) is 0. The van der Waals surface area contributed by atoms with Crippen molar-refractivity contribution in [2.24, 2.45) is 7.05 Å². The van der Waals surface area contributed by atoms with Crippen molar-refractivity contribution in [3.8, 4) is 0 Å². The molecule has 0 aromatic carbocycles. The maximum Gasteiger partial charge on any atom is 0.270 e. The smallest absolute Gasteiger partial charge is 0.270 e. The van der Waals surface area contributed by atoms with Crippen molar-refractivity contribution < 1.29 is 4.79 Å². The lowest BCUT2D eigenvalue weighted by atomic mass is 9.95. The molecule has 24 heavy (non-hydrogen) atoms. The molecular formula is C16H21N5O2S. The summed E-state index contributed by atoms with van der Waals surface area (Å²) >= 11 is 1.48. The van der Waals surface area contributed by atoms with Gasteiger partial charge in [-0.2, -0.15) is 5.10 Å². The number of rotatable bonds is 2. The molecule has 2 N–H and O–H groups in total. The molecule has 0 spiro atoms. The van der Waals surface area contributed by atoms with Crippen LogP contribution in [0.3, 0.4) is 0 Å². The van der Waals surface area contributed by atoms with Gasteiger partial charge >= 0.3 is 0 Å². The summed E-state index contributed by atoms with van der Waals surface area (Å²) in [5.74, 6) is 0.921. The van der Waals surface area contributed by atoms with Gasteiger partial charge in [-0.05, 0) is 12.8 Å². The van der Waals surface area contributed by atoms with Gasteiger partial charge in [-0.3, -0.25) is 24.1 Å². The number of hydrogen-bond donors (Lipinski definition) is 2. The quantitative estimate of drug-likeness (QED) is 0.872. The normalized spacial score (nSPS) is 22.0. The summed E-state index contributed by atoms with van der Waals surface area (Å²) in [4.78, 5) is 24.9. The van der Waals surface area contributed by atoms with Crippen LogP contribution >= 0.6 is 11.8 Å². The van der Waals surface area contributed by atoms with E-state index in [1.165, 1.54) is 18.2 Å². The molecule has 2 aromatic heterocycles. The van der Waals surface area contributed by atoms with Crippen LogP contribution in [-0.4, -0.2) is 31.2 Å². The molecule has 1 saturated carbocycles. The molecule has 2 aromatic rings.